The fraction of sp³-hybridized carbons (Fsp3) is 0. The van der Waals surface area contributed by atoms with Gasteiger partial charge in [-0.15, -0.1) is 11.3 Å². The molecule has 0 bridgehead atoms. The first-order valence-electron chi connectivity index (χ1n) is 16.2. The van der Waals surface area contributed by atoms with Crippen molar-refractivity contribution >= 4 is 59.5 Å². The Bertz CT molecular complexity index is 2530. The van der Waals surface area contributed by atoms with Crippen molar-refractivity contribution < 1.29 is 0 Å². The monoisotopic (exact) mass is 630 g/mol. The van der Waals surface area contributed by atoms with Crippen molar-refractivity contribution in [1.29, 1.82) is 0 Å². The van der Waals surface area contributed by atoms with E-state index in [-0.39, 0.29) is 0 Å². The van der Waals surface area contributed by atoms with E-state index >= 15 is 0 Å². The van der Waals surface area contributed by atoms with Crippen molar-refractivity contribution in [3.63, 3.8) is 0 Å². The lowest BCUT2D eigenvalue weighted by Gasteiger charge is -2.26. The summed E-state index contributed by atoms with van der Waals surface area (Å²) in [6, 6.07) is 65.1. The Labute approximate surface area is 283 Å². The molecule has 2 aromatic heterocycles. The Morgan fingerprint density at radius 1 is 0.375 bits per heavy atom. The maximum atomic E-state index is 5.08. The van der Waals surface area contributed by atoms with Crippen LogP contribution in [0, 0.1) is 0 Å². The van der Waals surface area contributed by atoms with Crippen LogP contribution in [-0.2, 0) is 0 Å². The highest BCUT2D eigenvalue weighted by atomic mass is 32.1. The second-order valence-electron chi connectivity index (χ2n) is 12.0. The smallest absolute Gasteiger partial charge is 0.125 e. The molecule has 226 valence electrons. The molecule has 0 spiro atoms. The van der Waals surface area contributed by atoms with Gasteiger partial charge in [0.15, 0.2) is 0 Å². The number of fused-ring (bicyclic) bond motifs is 4. The molecule has 7 aromatic carbocycles. The summed E-state index contributed by atoms with van der Waals surface area (Å²) in [6.07, 6.45) is 0. The van der Waals surface area contributed by atoms with Crippen molar-refractivity contribution in [1.82, 2.24) is 4.98 Å². The zero-order valence-electron chi connectivity index (χ0n) is 26.1. The summed E-state index contributed by atoms with van der Waals surface area (Å²) >= 11 is 1.75. The minimum Gasteiger partial charge on any atom is -0.311 e. The fourth-order valence-electron chi connectivity index (χ4n) is 6.70. The molecule has 0 aliphatic rings. The first-order valence-corrected chi connectivity index (χ1v) is 17.0. The molecule has 0 aliphatic heterocycles. The Kier molecular flexibility index (Phi) is 7.03. The van der Waals surface area contributed by atoms with Gasteiger partial charge in [-0.3, -0.25) is 0 Å². The fourth-order valence-corrected chi connectivity index (χ4v) is 7.77. The minimum atomic E-state index is 0.985. The van der Waals surface area contributed by atoms with Crippen molar-refractivity contribution in [3.05, 3.63) is 182 Å². The molecule has 9 aromatic rings. The number of nitrogens with zero attached hydrogens (tertiary/aromatic N) is 2. The molecule has 0 saturated carbocycles. The minimum absolute atomic E-state index is 0.985. The largest absolute Gasteiger partial charge is 0.311 e. The first kappa shape index (κ1) is 28.2. The molecule has 0 radical (unpaired) electrons. The summed E-state index contributed by atoms with van der Waals surface area (Å²) in [5, 5.41) is 5.00. The van der Waals surface area contributed by atoms with Crippen LogP contribution in [0.15, 0.2) is 182 Å². The molecule has 0 amide bonds. The predicted molar refractivity (Wildman–Crippen MR) is 206 cm³/mol. The summed E-state index contributed by atoms with van der Waals surface area (Å²) in [5.41, 5.74) is 10.2. The average molecular weight is 631 g/mol. The lowest BCUT2D eigenvalue weighted by atomic mass is 9.98. The number of hydrogen-bond donors (Lipinski definition) is 0. The molecule has 2 nitrogen and oxygen atoms in total. The van der Waals surface area contributed by atoms with Crippen molar-refractivity contribution in [2.24, 2.45) is 0 Å². The Hall–Kier alpha value is -6.03. The second-order valence-corrected chi connectivity index (χ2v) is 13.0. The lowest BCUT2D eigenvalue weighted by Crippen LogP contribution is -2.09. The van der Waals surface area contributed by atoms with Crippen LogP contribution in [0.3, 0.4) is 0 Å². The van der Waals surface area contributed by atoms with E-state index in [0.29, 0.717) is 0 Å². The lowest BCUT2D eigenvalue weighted by molar-refractivity contribution is 1.28. The molecule has 0 saturated heterocycles. The van der Waals surface area contributed by atoms with Gasteiger partial charge in [-0.2, -0.15) is 0 Å². The van der Waals surface area contributed by atoms with Gasteiger partial charge >= 0.3 is 0 Å². The van der Waals surface area contributed by atoms with Crippen LogP contribution in [0.5, 0.6) is 0 Å². The third-order valence-corrected chi connectivity index (χ3v) is 10.2. The molecular formula is C45H30N2S. The van der Waals surface area contributed by atoms with E-state index in [0.717, 1.165) is 33.1 Å². The molecule has 0 unspecified atom stereocenters. The number of aromatic nitrogens is 1. The molecule has 0 N–H and O–H groups in total. The number of anilines is 3. The molecule has 48 heavy (non-hydrogen) atoms. The van der Waals surface area contributed by atoms with Crippen LogP contribution in [0.4, 0.5) is 17.1 Å². The second kappa shape index (κ2) is 12.0. The Balaban J connectivity index is 1.10. The van der Waals surface area contributed by atoms with Crippen molar-refractivity contribution in [2.75, 3.05) is 4.90 Å². The van der Waals surface area contributed by atoms with Gasteiger partial charge in [0.25, 0.3) is 0 Å². The third kappa shape index (κ3) is 5.11. The summed E-state index contributed by atoms with van der Waals surface area (Å²) in [5.74, 6) is 0. The SMILES string of the molecule is c1ccc(-c2ccc(N(c3ccc(-c4ccc5c(n4)sc4ccccc45)cc3)c3ccc(-c4cccc5ccccc45)cc3)cc2)cc1. The van der Waals surface area contributed by atoms with Gasteiger partial charge in [-0.25, -0.2) is 4.98 Å². The standard InChI is InChI=1S/C45H30N2S/c1-2-9-31(10-3-1)32-17-23-36(24-18-32)47(37-25-19-34(20-26-37)40-15-8-12-33-11-4-5-13-39(33)40)38-27-21-35(22-28-38)43-30-29-42-41-14-6-7-16-44(41)48-45(42)46-43/h1-30H. The van der Waals surface area contributed by atoms with Gasteiger partial charge in [0.05, 0.1) is 5.69 Å². The molecule has 0 fully saturated rings. The number of pyridine rings is 1. The molecule has 0 atom stereocenters. The zero-order valence-corrected chi connectivity index (χ0v) is 26.9. The van der Waals surface area contributed by atoms with Crippen LogP contribution < -0.4 is 4.90 Å². The van der Waals surface area contributed by atoms with Crippen LogP contribution in [-0.4, -0.2) is 4.98 Å². The summed E-state index contributed by atoms with van der Waals surface area (Å²) in [6.45, 7) is 0. The summed E-state index contributed by atoms with van der Waals surface area (Å²) < 4.78 is 1.27. The van der Waals surface area contributed by atoms with E-state index in [1.807, 2.05) is 0 Å². The van der Waals surface area contributed by atoms with E-state index in [9.17, 15) is 0 Å². The highest BCUT2D eigenvalue weighted by Gasteiger charge is 2.15. The summed E-state index contributed by atoms with van der Waals surface area (Å²) in [7, 11) is 0. The molecule has 2 heterocycles. The van der Waals surface area contributed by atoms with Crippen LogP contribution in [0.1, 0.15) is 0 Å². The number of hydrogen-bond acceptors (Lipinski definition) is 3. The molecule has 9 rings (SSSR count). The topological polar surface area (TPSA) is 16.1 Å². The number of thiophene rings is 1. The first-order chi connectivity index (χ1) is 23.8. The van der Waals surface area contributed by atoms with Gasteiger partial charge < -0.3 is 4.90 Å². The van der Waals surface area contributed by atoms with Gasteiger partial charge in [-0.05, 0) is 87.6 Å². The molecule has 3 heteroatoms. The predicted octanol–water partition coefficient (Wildman–Crippen LogP) is 13.1. The number of rotatable bonds is 6. The summed E-state index contributed by atoms with van der Waals surface area (Å²) in [4.78, 5) is 8.48. The van der Waals surface area contributed by atoms with Gasteiger partial charge in [0, 0.05) is 38.1 Å². The average Bonchev–Trinajstić information content (AvgIpc) is 3.54. The van der Waals surface area contributed by atoms with E-state index in [4.69, 9.17) is 4.98 Å². The van der Waals surface area contributed by atoms with E-state index in [1.165, 1.54) is 48.5 Å². The van der Waals surface area contributed by atoms with Crippen LogP contribution >= 0.6 is 11.3 Å². The molecule has 0 aliphatic carbocycles. The zero-order chi connectivity index (χ0) is 31.9. The highest BCUT2D eigenvalue weighted by molar-refractivity contribution is 7.25. The van der Waals surface area contributed by atoms with E-state index in [1.54, 1.807) is 11.3 Å². The third-order valence-electron chi connectivity index (χ3n) is 9.12. The van der Waals surface area contributed by atoms with E-state index < -0.39 is 0 Å². The van der Waals surface area contributed by atoms with Gasteiger partial charge in [0.1, 0.15) is 4.83 Å². The maximum absolute atomic E-state index is 5.08. The normalized spacial score (nSPS) is 11.3. The Morgan fingerprint density at radius 2 is 0.938 bits per heavy atom. The van der Waals surface area contributed by atoms with Gasteiger partial charge in [-0.1, -0.05) is 127 Å². The van der Waals surface area contributed by atoms with Crippen molar-refractivity contribution in [2.45, 2.75) is 0 Å². The number of benzene rings is 7. The maximum Gasteiger partial charge on any atom is 0.125 e. The Morgan fingerprint density at radius 3 is 1.67 bits per heavy atom. The quantitative estimate of drug-likeness (QED) is 0.182. The van der Waals surface area contributed by atoms with Crippen LogP contribution in [0.2, 0.25) is 0 Å². The van der Waals surface area contributed by atoms with Crippen molar-refractivity contribution in [3.8, 4) is 33.5 Å². The molecular weight excluding hydrogens is 601 g/mol. The van der Waals surface area contributed by atoms with Gasteiger partial charge in [0.2, 0.25) is 0 Å². The highest BCUT2D eigenvalue weighted by Crippen LogP contribution is 2.39. The van der Waals surface area contributed by atoms with Crippen LogP contribution in [0.25, 0.3) is 64.6 Å². The van der Waals surface area contributed by atoms with E-state index in [2.05, 4.69) is 187 Å².